The van der Waals surface area contributed by atoms with Crippen LogP contribution in [0, 0.1) is 13.8 Å². The first-order valence-corrected chi connectivity index (χ1v) is 8.57. The van der Waals surface area contributed by atoms with Crippen LogP contribution in [0.4, 0.5) is 0 Å². The molecule has 7 heteroatoms. The molecule has 2 aromatic rings. The van der Waals surface area contributed by atoms with Crippen molar-refractivity contribution in [2.75, 3.05) is 19.6 Å². The first-order valence-electron chi connectivity index (χ1n) is 8.57. The van der Waals surface area contributed by atoms with Crippen LogP contribution in [0.5, 0.6) is 0 Å². The minimum atomic E-state index is -0.102. The van der Waals surface area contributed by atoms with Crippen LogP contribution in [0.2, 0.25) is 0 Å². The number of carbonyl (C=O) groups is 1. The lowest BCUT2D eigenvalue weighted by Crippen LogP contribution is -2.42. The third-order valence-electron chi connectivity index (χ3n) is 4.81. The monoisotopic (exact) mass is 344 g/mol. The number of aryl methyl sites for hydroxylation is 2. The van der Waals surface area contributed by atoms with E-state index in [1.807, 2.05) is 30.9 Å². The van der Waals surface area contributed by atoms with Gasteiger partial charge >= 0.3 is 0 Å². The molecular formula is C18H24N4O3. The van der Waals surface area contributed by atoms with Crippen LogP contribution in [-0.4, -0.2) is 45.7 Å². The number of aromatic nitrogens is 2. The van der Waals surface area contributed by atoms with Crippen molar-refractivity contribution in [2.24, 2.45) is 5.73 Å². The molecule has 3 N–H and O–H groups in total. The zero-order valence-corrected chi connectivity index (χ0v) is 14.7. The van der Waals surface area contributed by atoms with E-state index in [0.29, 0.717) is 18.0 Å². The second kappa shape index (κ2) is 7.33. The molecule has 1 aliphatic heterocycles. The Morgan fingerprint density at radius 1 is 1.44 bits per heavy atom. The van der Waals surface area contributed by atoms with E-state index in [9.17, 15) is 9.90 Å². The number of piperidine rings is 1. The SMILES string of the molecule is Cc1noc(C)c1-c1nc(C2CCCN(C(=O)CN)C2)ccc1CO. The minimum Gasteiger partial charge on any atom is -0.392 e. The average molecular weight is 344 g/mol. The molecule has 1 aliphatic rings. The van der Waals surface area contributed by atoms with Gasteiger partial charge in [-0.2, -0.15) is 0 Å². The molecule has 1 saturated heterocycles. The van der Waals surface area contributed by atoms with Gasteiger partial charge in [-0.05, 0) is 32.8 Å². The Morgan fingerprint density at radius 3 is 2.88 bits per heavy atom. The maximum Gasteiger partial charge on any atom is 0.236 e. The Kier molecular flexibility index (Phi) is 5.15. The number of hydrogen-bond acceptors (Lipinski definition) is 6. The highest BCUT2D eigenvalue weighted by Crippen LogP contribution is 2.32. The highest BCUT2D eigenvalue weighted by atomic mass is 16.5. The molecule has 1 unspecified atom stereocenters. The Hall–Kier alpha value is -2.25. The van der Waals surface area contributed by atoms with E-state index in [4.69, 9.17) is 15.2 Å². The van der Waals surface area contributed by atoms with Crippen LogP contribution in [0.15, 0.2) is 16.7 Å². The molecule has 1 atom stereocenters. The fourth-order valence-electron chi connectivity index (χ4n) is 3.47. The molecule has 3 heterocycles. The highest BCUT2D eigenvalue weighted by molar-refractivity contribution is 5.78. The Labute approximate surface area is 146 Å². The second-order valence-corrected chi connectivity index (χ2v) is 6.48. The number of carbonyl (C=O) groups excluding carboxylic acids is 1. The van der Waals surface area contributed by atoms with Gasteiger partial charge in [-0.25, -0.2) is 0 Å². The third kappa shape index (κ3) is 3.43. The largest absolute Gasteiger partial charge is 0.392 e. The predicted octanol–water partition coefficient (Wildman–Crippen LogP) is 1.51. The molecule has 0 bridgehead atoms. The number of aliphatic hydroxyl groups is 1. The van der Waals surface area contributed by atoms with E-state index in [1.54, 1.807) is 0 Å². The summed E-state index contributed by atoms with van der Waals surface area (Å²) in [6, 6.07) is 3.83. The van der Waals surface area contributed by atoms with E-state index < -0.39 is 0 Å². The number of pyridine rings is 1. The van der Waals surface area contributed by atoms with Gasteiger partial charge in [0, 0.05) is 30.3 Å². The first kappa shape index (κ1) is 17.6. The van der Waals surface area contributed by atoms with Crippen molar-refractivity contribution in [1.29, 1.82) is 0 Å². The van der Waals surface area contributed by atoms with Crippen LogP contribution in [0.1, 0.15) is 41.5 Å². The van der Waals surface area contributed by atoms with Gasteiger partial charge < -0.3 is 20.3 Å². The molecule has 1 fully saturated rings. The quantitative estimate of drug-likeness (QED) is 0.871. The number of aliphatic hydroxyl groups excluding tert-OH is 1. The predicted molar refractivity (Wildman–Crippen MR) is 92.7 cm³/mol. The number of nitrogens with zero attached hydrogens (tertiary/aromatic N) is 3. The van der Waals surface area contributed by atoms with E-state index >= 15 is 0 Å². The van der Waals surface area contributed by atoms with Crippen molar-refractivity contribution in [3.63, 3.8) is 0 Å². The van der Waals surface area contributed by atoms with E-state index in [1.165, 1.54) is 0 Å². The summed E-state index contributed by atoms with van der Waals surface area (Å²) < 4.78 is 5.26. The standard InChI is InChI=1S/C18H24N4O3/c1-11-17(12(2)25-21-11)18-14(10-23)5-6-15(20-18)13-4-3-7-22(9-13)16(24)8-19/h5-6,13,23H,3-4,7-10,19H2,1-2H3. The lowest BCUT2D eigenvalue weighted by atomic mass is 9.93. The summed E-state index contributed by atoms with van der Waals surface area (Å²) in [5.41, 5.74) is 9.44. The minimum absolute atomic E-state index is 0.0253. The average Bonchev–Trinajstić information content (AvgIpc) is 2.98. The number of amides is 1. The van der Waals surface area contributed by atoms with Crippen LogP contribution >= 0.6 is 0 Å². The lowest BCUT2D eigenvalue weighted by Gasteiger charge is -2.32. The molecule has 3 rings (SSSR count). The fourth-order valence-corrected chi connectivity index (χ4v) is 3.47. The summed E-state index contributed by atoms with van der Waals surface area (Å²) in [5.74, 6) is 0.819. The molecule has 25 heavy (non-hydrogen) atoms. The molecule has 0 saturated carbocycles. The summed E-state index contributed by atoms with van der Waals surface area (Å²) in [6.07, 6.45) is 1.90. The van der Waals surface area contributed by atoms with E-state index in [-0.39, 0.29) is 25.0 Å². The van der Waals surface area contributed by atoms with Crippen LogP contribution < -0.4 is 5.73 Å². The van der Waals surface area contributed by atoms with Gasteiger partial charge in [0.1, 0.15) is 5.76 Å². The number of hydrogen-bond donors (Lipinski definition) is 2. The summed E-state index contributed by atoms with van der Waals surface area (Å²) in [7, 11) is 0. The second-order valence-electron chi connectivity index (χ2n) is 6.48. The maximum atomic E-state index is 11.9. The summed E-state index contributed by atoms with van der Waals surface area (Å²) in [5, 5.41) is 13.7. The van der Waals surface area contributed by atoms with Crippen molar-refractivity contribution in [2.45, 2.75) is 39.2 Å². The molecule has 0 radical (unpaired) electrons. The summed E-state index contributed by atoms with van der Waals surface area (Å²) >= 11 is 0. The topological polar surface area (TPSA) is 105 Å². The van der Waals surface area contributed by atoms with Crippen LogP contribution in [0.25, 0.3) is 11.3 Å². The van der Waals surface area contributed by atoms with E-state index in [0.717, 1.165) is 41.9 Å². The van der Waals surface area contributed by atoms with Gasteiger partial charge in [-0.1, -0.05) is 11.2 Å². The molecule has 7 nitrogen and oxygen atoms in total. The molecule has 134 valence electrons. The zero-order valence-electron chi connectivity index (χ0n) is 14.7. The van der Waals surface area contributed by atoms with Crippen LogP contribution in [0.3, 0.4) is 0 Å². The van der Waals surface area contributed by atoms with Gasteiger partial charge in [0.15, 0.2) is 0 Å². The molecular weight excluding hydrogens is 320 g/mol. The Balaban J connectivity index is 1.96. The van der Waals surface area contributed by atoms with Gasteiger partial charge in [-0.3, -0.25) is 9.78 Å². The van der Waals surface area contributed by atoms with Gasteiger partial charge in [-0.15, -0.1) is 0 Å². The number of rotatable bonds is 4. The normalized spacial score (nSPS) is 17.8. The van der Waals surface area contributed by atoms with Crippen LogP contribution in [-0.2, 0) is 11.4 Å². The summed E-state index contributed by atoms with van der Waals surface area (Å²) in [6.45, 7) is 5.01. The van der Waals surface area contributed by atoms with E-state index in [2.05, 4.69) is 5.16 Å². The number of likely N-dealkylation sites (tertiary alicyclic amines) is 1. The molecule has 2 aromatic heterocycles. The van der Waals surface area contributed by atoms with Gasteiger partial charge in [0.05, 0.1) is 30.1 Å². The Morgan fingerprint density at radius 2 is 2.24 bits per heavy atom. The summed E-state index contributed by atoms with van der Waals surface area (Å²) in [4.78, 5) is 18.5. The smallest absolute Gasteiger partial charge is 0.236 e. The molecule has 1 amide bonds. The number of nitrogens with two attached hydrogens (primary N) is 1. The lowest BCUT2D eigenvalue weighted by molar-refractivity contribution is -0.130. The maximum absolute atomic E-state index is 11.9. The van der Waals surface area contributed by atoms with Gasteiger partial charge in [0.25, 0.3) is 0 Å². The van der Waals surface area contributed by atoms with Crippen molar-refractivity contribution >= 4 is 5.91 Å². The van der Waals surface area contributed by atoms with Crippen molar-refractivity contribution in [1.82, 2.24) is 15.0 Å². The Bertz CT molecular complexity index is 752. The zero-order chi connectivity index (χ0) is 18.0. The first-order chi connectivity index (χ1) is 12.0. The molecule has 0 spiro atoms. The molecule has 0 aliphatic carbocycles. The highest BCUT2D eigenvalue weighted by Gasteiger charge is 2.26. The molecule has 0 aromatic carbocycles. The fraction of sp³-hybridized carbons (Fsp3) is 0.500. The van der Waals surface area contributed by atoms with Crippen molar-refractivity contribution in [3.8, 4) is 11.3 Å². The van der Waals surface area contributed by atoms with Crippen molar-refractivity contribution in [3.05, 3.63) is 34.8 Å². The van der Waals surface area contributed by atoms with Crippen molar-refractivity contribution < 1.29 is 14.4 Å². The van der Waals surface area contributed by atoms with Gasteiger partial charge in [0.2, 0.25) is 5.91 Å². The third-order valence-corrected chi connectivity index (χ3v) is 4.81.